The summed E-state index contributed by atoms with van der Waals surface area (Å²) in [4.78, 5) is 16.3. The highest BCUT2D eigenvalue weighted by Crippen LogP contribution is 2.19. The van der Waals surface area contributed by atoms with Gasteiger partial charge < -0.3 is 9.88 Å². The molecule has 1 aromatic carbocycles. The van der Waals surface area contributed by atoms with Crippen LogP contribution in [0.5, 0.6) is 0 Å². The topological polar surface area (TPSA) is 46.9 Å². The van der Waals surface area contributed by atoms with Crippen LogP contribution in [-0.4, -0.2) is 22.0 Å². The van der Waals surface area contributed by atoms with E-state index in [-0.39, 0.29) is 5.91 Å². The molecule has 0 atom stereocenters. The Balaban J connectivity index is 1.70. The monoisotopic (exact) mass is 279 g/mol. The number of pyridine rings is 1. The lowest BCUT2D eigenvalue weighted by atomic mass is 10.1. The fourth-order valence-electron chi connectivity index (χ4n) is 2.47. The van der Waals surface area contributed by atoms with Gasteiger partial charge in [-0.1, -0.05) is 6.07 Å². The second-order valence-corrected chi connectivity index (χ2v) is 5.03. The molecule has 0 fully saturated rings. The standard InChI is InChI=1S/C17H17N3O/c1-20-12-8-14-15(3-2-4-16(14)20)17(21)19-11-7-13-5-9-18-10-6-13/h2-6,8-10,12H,7,11H2,1H3,(H,19,21). The molecule has 0 saturated heterocycles. The summed E-state index contributed by atoms with van der Waals surface area (Å²) in [5.74, 6) is -0.0270. The van der Waals surface area contributed by atoms with Gasteiger partial charge in [0, 0.05) is 48.6 Å². The van der Waals surface area contributed by atoms with Gasteiger partial charge in [-0.2, -0.15) is 0 Å². The molecule has 0 aliphatic rings. The van der Waals surface area contributed by atoms with Gasteiger partial charge in [-0.25, -0.2) is 0 Å². The first-order valence-electron chi connectivity index (χ1n) is 6.97. The lowest BCUT2D eigenvalue weighted by molar-refractivity contribution is 0.0956. The van der Waals surface area contributed by atoms with Crippen molar-refractivity contribution in [2.45, 2.75) is 6.42 Å². The molecule has 0 aliphatic carbocycles. The molecule has 21 heavy (non-hydrogen) atoms. The fourth-order valence-corrected chi connectivity index (χ4v) is 2.47. The van der Waals surface area contributed by atoms with E-state index in [0.717, 1.165) is 22.9 Å². The van der Waals surface area contributed by atoms with Crippen molar-refractivity contribution in [2.24, 2.45) is 7.05 Å². The van der Waals surface area contributed by atoms with Gasteiger partial charge in [0.25, 0.3) is 5.91 Å². The molecule has 0 spiro atoms. The molecule has 0 unspecified atom stereocenters. The second-order valence-electron chi connectivity index (χ2n) is 5.03. The predicted molar refractivity (Wildman–Crippen MR) is 83.2 cm³/mol. The molecule has 106 valence electrons. The van der Waals surface area contributed by atoms with Crippen LogP contribution in [0.3, 0.4) is 0 Å². The van der Waals surface area contributed by atoms with Crippen molar-refractivity contribution in [3.63, 3.8) is 0 Å². The number of nitrogens with one attached hydrogen (secondary N) is 1. The van der Waals surface area contributed by atoms with Gasteiger partial charge in [0.2, 0.25) is 0 Å². The van der Waals surface area contributed by atoms with E-state index in [1.165, 1.54) is 5.56 Å². The Bertz CT molecular complexity index is 762. The van der Waals surface area contributed by atoms with E-state index in [1.807, 2.05) is 54.2 Å². The Morgan fingerprint density at radius 2 is 2.00 bits per heavy atom. The predicted octanol–water partition coefficient (Wildman–Crippen LogP) is 2.55. The number of fused-ring (bicyclic) bond motifs is 1. The van der Waals surface area contributed by atoms with E-state index < -0.39 is 0 Å². The third kappa shape index (κ3) is 2.79. The number of hydrogen-bond acceptors (Lipinski definition) is 2. The Morgan fingerprint density at radius 3 is 2.81 bits per heavy atom. The summed E-state index contributed by atoms with van der Waals surface area (Å²) in [7, 11) is 1.98. The molecule has 0 bridgehead atoms. The van der Waals surface area contributed by atoms with Crippen LogP contribution < -0.4 is 5.32 Å². The first kappa shape index (κ1) is 13.4. The van der Waals surface area contributed by atoms with Crippen molar-refractivity contribution in [3.05, 3.63) is 66.1 Å². The number of hydrogen-bond donors (Lipinski definition) is 1. The first-order chi connectivity index (χ1) is 10.3. The Labute approximate surface area is 123 Å². The smallest absolute Gasteiger partial charge is 0.251 e. The molecule has 3 rings (SSSR count). The second kappa shape index (κ2) is 5.79. The summed E-state index contributed by atoms with van der Waals surface area (Å²) in [6.07, 6.45) is 6.31. The Kier molecular flexibility index (Phi) is 3.69. The maximum absolute atomic E-state index is 12.3. The summed E-state index contributed by atoms with van der Waals surface area (Å²) >= 11 is 0. The summed E-state index contributed by atoms with van der Waals surface area (Å²) in [6.45, 7) is 0.617. The number of rotatable bonds is 4. The van der Waals surface area contributed by atoms with Gasteiger partial charge in [0.1, 0.15) is 0 Å². The molecule has 1 N–H and O–H groups in total. The van der Waals surface area contributed by atoms with E-state index in [1.54, 1.807) is 12.4 Å². The van der Waals surface area contributed by atoms with Crippen LogP contribution >= 0.6 is 0 Å². The van der Waals surface area contributed by atoms with Gasteiger partial charge in [-0.3, -0.25) is 9.78 Å². The van der Waals surface area contributed by atoms with Crippen molar-refractivity contribution in [2.75, 3.05) is 6.54 Å². The highest BCUT2D eigenvalue weighted by Gasteiger charge is 2.10. The molecular formula is C17H17N3O. The van der Waals surface area contributed by atoms with Gasteiger partial charge >= 0.3 is 0 Å². The molecule has 3 aromatic rings. The van der Waals surface area contributed by atoms with E-state index >= 15 is 0 Å². The van der Waals surface area contributed by atoms with Crippen LogP contribution in [0, 0.1) is 0 Å². The number of carbonyl (C=O) groups is 1. The average Bonchev–Trinajstić information content (AvgIpc) is 2.90. The van der Waals surface area contributed by atoms with Crippen LogP contribution in [0.25, 0.3) is 10.9 Å². The third-order valence-electron chi connectivity index (χ3n) is 3.62. The molecular weight excluding hydrogens is 262 g/mol. The van der Waals surface area contributed by atoms with Gasteiger partial charge in [-0.05, 0) is 42.3 Å². The molecule has 0 aliphatic heterocycles. The van der Waals surface area contributed by atoms with Crippen LogP contribution in [0.15, 0.2) is 55.0 Å². The van der Waals surface area contributed by atoms with E-state index in [9.17, 15) is 4.79 Å². The molecule has 2 heterocycles. The van der Waals surface area contributed by atoms with Gasteiger partial charge in [-0.15, -0.1) is 0 Å². The highest BCUT2D eigenvalue weighted by molar-refractivity contribution is 6.06. The average molecular weight is 279 g/mol. The number of carbonyl (C=O) groups excluding carboxylic acids is 1. The van der Waals surface area contributed by atoms with Crippen LogP contribution in [-0.2, 0) is 13.5 Å². The van der Waals surface area contributed by atoms with Gasteiger partial charge in [0.05, 0.1) is 0 Å². The molecule has 4 heteroatoms. The van der Waals surface area contributed by atoms with Crippen LogP contribution in [0.2, 0.25) is 0 Å². The minimum Gasteiger partial charge on any atom is -0.352 e. The summed E-state index contributed by atoms with van der Waals surface area (Å²) < 4.78 is 2.02. The van der Waals surface area contributed by atoms with E-state index in [2.05, 4.69) is 10.3 Å². The molecule has 0 radical (unpaired) electrons. The molecule has 1 amide bonds. The zero-order valence-corrected chi connectivity index (χ0v) is 11.9. The molecule has 4 nitrogen and oxygen atoms in total. The highest BCUT2D eigenvalue weighted by atomic mass is 16.1. The normalized spacial score (nSPS) is 10.7. The maximum Gasteiger partial charge on any atom is 0.251 e. The number of amides is 1. The van der Waals surface area contributed by atoms with Crippen molar-refractivity contribution in [1.29, 1.82) is 0 Å². The first-order valence-corrected chi connectivity index (χ1v) is 6.97. The molecule has 0 saturated carbocycles. The minimum atomic E-state index is -0.0270. The number of nitrogens with zero attached hydrogens (tertiary/aromatic N) is 2. The minimum absolute atomic E-state index is 0.0270. The van der Waals surface area contributed by atoms with Crippen molar-refractivity contribution in [1.82, 2.24) is 14.9 Å². The maximum atomic E-state index is 12.3. The van der Waals surface area contributed by atoms with E-state index in [4.69, 9.17) is 0 Å². The van der Waals surface area contributed by atoms with Crippen LogP contribution in [0.4, 0.5) is 0 Å². The Hall–Kier alpha value is -2.62. The number of benzene rings is 1. The number of aryl methyl sites for hydroxylation is 1. The van der Waals surface area contributed by atoms with Crippen molar-refractivity contribution >= 4 is 16.8 Å². The summed E-state index contributed by atoms with van der Waals surface area (Å²) in [5.41, 5.74) is 2.96. The van der Waals surface area contributed by atoms with Crippen molar-refractivity contribution < 1.29 is 4.79 Å². The third-order valence-corrected chi connectivity index (χ3v) is 3.62. The fraction of sp³-hybridized carbons (Fsp3) is 0.176. The zero-order chi connectivity index (χ0) is 14.7. The van der Waals surface area contributed by atoms with E-state index in [0.29, 0.717) is 6.54 Å². The summed E-state index contributed by atoms with van der Waals surface area (Å²) in [6, 6.07) is 11.7. The Morgan fingerprint density at radius 1 is 1.19 bits per heavy atom. The number of aromatic nitrogens is 2. The molecule has 2 aromatic heterocycles. The quantitative estimate of drug-likeness (QED) is 0.798. The van der Waals surface area contributed by atoms with Crippen LogP contribution in [0.1, 0.15) is 15.9 Å². The largest absolute Gasteiger partial charge is 0.352 e. The van der Waals surface area contributed by atoms with Gasteiger partial charge in [0.15, 0.2) is 0 Å². The summed E-state index contributed by atoms with van der Waals surface area (Å²) in [5, 5.41) is 3.97. The lowest BCUT2D eigenvalue weighted by Gasteiger charge is -2.07. The SMILES string of the molecule is Cn1ccc2c(C(=O)NCCc3ccncc3)cccc21. The zero-order valence-electron chi connectivity index (χ0n) is 11.9. The van der Waals surface area contributed by atoms with Crippen molar-refractivity contribution in [3.8, 4) is 0 Å². The lowest BCUT2D eigenvalue weighted by Crippen LogP contribution is -2.25.